The Balaban J connectivity index is 1.77. The van der Waals surface area contributed by atoms with Gasteiger partial charge < -0.3 is 19.4 Å². The van der Waals surface area contributed by atoms with Crippen LogP contribution >= 0.6 is 0 Å². The molecule has 3 rings (SSSR count). The van der Waals surface area contributed by atoms with Crippen molar-refractivity contribution in [1.82, 2.24) is 4.98 Å². The summed E-state index contributed by atoms with van der Waals surface area (Å²) in [5, 5.41) is 0. The van der Waals surface area contributed by atoms with Gasteiger partial charge in [0.15, 0.2) is 6.10 Å². The number of carbonyl (C=O) groups excluding carboxylic acids is 3. The van der Waals surface area contributed by atoms with Gasteiger partial charge in [0.2, 0.25) is 0 Å². The van der Waals surface area contributed by atoms with Crippen molar-refractivity contribution in [2.45, 2.75) is 53.2 Å². The van der Waals surface area contributed by atoms with Gasteiger partial charge in [0, 0.05) is 17.4 Å². The Kier molecular flexibility index (Phi) is 5.77. The van der Waals surface area contributed by atoms with E-state index < -0.39 is 18.0 Å². The number of aromatic amines is 1. The lowest BCUT2D eigenvalue weighted by Crippen LogP contribution is -2.43. The normalized spacial score (nSPS) is 16.3. The lowest BCUT2D eigenvalue weighted by molar-refractivity contribution is -0.126. The molecule has 0 aliphatic carbocycles. The summed E-state index contributed by atoms with van der Waals surface area (Å²) >= 11 is 0. The first-order valence-corrected chi connectivity index (χ1v) is 9.74. The van der Waals surface area contributed by atoms with Gasteiger partial charge in [-0.25, -0.2) is 9.59 Å². The van der Waals surface area contributed by atoms with Gasteiger partial charge in [-0.05, 0) is 58.2 Å². The maximum absolute atomic E-state index is 13.0. The fraction of sp³-hybridized carbons (Fsp3) is 0.409. The van der Waals surface area contributed by atoms with E-state index in [-0.39, 0.29) is 24.2 Å². The van der Waals surface area contributed by atoms with Crippen LogP contribution in [0.25, 0.3) is 0 Å². The van der Waals surface area contributed by atoms with E-state index in [0.717, 1.165) is 17.7 Å². The molecule has 1 aliphatic heterocycles. The van der Waals surface area contributed by atoms with Crippen molar-refractivity contribution in [3.05, 3.63) is 52.3 Å². The minimum atomic E-state index is -0.967. The van der Waals surface area contributed by atoms with Crippen LogP contribution in [0.2, 0.25) is 0 Å². The minimum Gasteiger partial charge on any atom is -0.462 e. The third kappa shape index (κ3) is 3.77. The number of ether oxygens (including phenoxy) is 2. The molecule has 154 valence electrons. The molecule has 0 saturated heterocycles. The predicted octanol–water partition coefficient (Wildman–Crippen LogP) is 3.33. The molecule has 2 aromatic rings. The van der Waals surface area contributed by atoms with Gasteiger partial charge in [-0.3, -0.25) is 4.79 Å². The lowest BCUT2D eigenvalue weighted by Gasteiger charge is -2.25. The second-order valence-electron chi connectivity index (χ2n) is 7.28. The molecule has 0 saturated carbocycles. The molecule has 7 heteroatoms. The van der Waals surface area contributed by atoms with Gasteiger partial charge in [-0.1, -0.05) is 18.2 Å². The number of H-pyrrole nitrogens is 1. The summed E-state index contributed by atoms with van der Waals surface area (Å²) < 4.78 is 10.5. The summed E-state index contributed by atoms with van der Waals surface area (Å²) in [7, 11) is 0. The van der Waals surface area contributed by atoms with E-state index in [1.807, 2.05) is 31.2 Å². The van der Waals surface area contributed by atoms with Crippen molar-refractivity contribution in [3.63, 3.8) is 0 Å². The van der Waals surface area contributed by atoms with Crippen LogP contribution in [-0.4, -0.2) is 41.6 Å². The monoisotopic (exact) mass is 398 g/mol. The Labute approximate surface area is 170 Å². The Morgan fingerprint density at radius 3 is 2.59 bits per heavy atom. The fourth-order valence-electron chi connectivity index (χ4n) is 3.83. The standard InChI is InChI=1S/C22H26N2O5/c1-6-28-21(26)18-13(3)19(23-14(18)4)22(27)29-15(5)20(25)24-12(2)11-16-9-7-8-10-17(16)24/h7-10,12,15,23H,6,11H2,1-5H3/t12-,15+/m1/s1. The third-order valence-electron chi connectivity index (χ3n) is 5.20. The number of aromatic nitrogens is 1. The van der Waals surface area contributed by atoms with Crippen molar-refractivity contribution >= 4 is 23.5 Å². The summed E-state index contributed by atoms with van der Waals surface area (Å²) in [6, 6.07) is 7.72. The van der Waals surface area contributed by atoms with Gasteiger partial charge in [0.25, 0.3) is 5.91 Å². The minimum absolute atomic E-state index is 0.00839. The van der Waals surface area contributed by atoms with Crippen molar-refractivity contribution in [2.24, 2.45) is 0 Å². The Bertz CT molecular complexity index is 962. The highest BCUT2D eigenvalue weighted by atomic mass is 16.5. The highest BCUT2D eigenvalue weighted by Crippen LogP contribution is 2.32. The van der Waals surface area contributed by atoms with Gasteiger partial charge in [0.05, 0.1) is 12.2 Å². The number of amides is 1. The molecular formula is C22H26N2O5. The number of para-hydroxylation sites is 1. The van der Waals surface area contributed by atoms with Crippen molar-refractivity contribution in [2.75, 3.05) is 11.5 Å². The molecule has 0 radical (unpaired) electrons. The quantitative estimate of drug-likeness (QED) is 0.781. The molecule has 1 aromatic carbocycles. The first-order valence-electron chi connectivity index (χ1n) is 9.74. The van der Waals surface area contributed by atoms with E-state index >= 15 is 0 Å². The van der Waals surface area contributed by atoms with E-state index in [2.05, 4.69) is 4.98 Å². The smallest absolute Gasteiger partial charge is 0.355 e. The Morgan fingerprint density at radius 2 is 1.90 bits per heavy atom. The molecule has 7 nitrogen and oxygen atoms in total. The molecule has 1 amide bonds. The summed E-state index contributed by atoms with van der Waals surface area (Å²) in [5.74, 6) is -1.45. The third-order valence-corrected chi connectivity index (χ3v) is 5.20. The largest absolute Gasteiger partial charge is 0.462 e. The number of hydrogen-bond acceptors (Lipinski definition) is 5. The van der Waals surface area contributed by atoms with Crippen molar-refractivity contribution in [3.8, 4) is 0 Å². The molecule has 0 fully saturated rings. The Hall–Kier alpha value is -3.09. The maximum Gasteiger partial charge on any atom is 0.355 e. The lowest BCUT2D eigenvalue weighted by atomic mass is 10.1. The molecule has 0 bridgehead atoms. The first kappa shape index (κ1) is 20.6. The summed E-state index contributed by atoms with van der Waals surface area (Å²) in [5.41, 5.74) is 3.39. The van der Waals surface area contributed by atoms with Crippen LogP contribution < -0.4 is 4.90 Å². The van der Waals surface area contributed by atoms with Crippen molar-refractivity contribution in [1.29, 1.82) is 0 Å². The predicted molar refractivity (Wildman–Crippen MR) is 108 cm³/mol. The van der Waals surface area contributed by atoms with Gasteiger partial charge in [-0.15, -0.1) is 0 Å². The highest BCUT2D eigenvalue weighted by molar-refractivity contribution is 6.02. The number of benzene rings is 1. The summed E-state index contributed by atoms with van der Waals surface area (Å²) in [4.78, 5) is 42.4. The van der Waals surface area contributed by atoms with Gasteiger partial charge >= 0.3 is 11.9 Å². The van der Waals surface area contributed by atoms with Gasteiger partial charge in [-0.2, -0.15) is 0 Å². The molecular weight excluding hydrogens is 372 g/mol. The second kappa shape index (κ2) is 8.11. The SMILES string of the molecule is CCOC(=O)c1c(C)[nH]c(C(=O)O[C@@H](C)C(=O)N2c3ccccc3C[C@H]2C)c1C. The van der Waals surface area contributed by atoms with E-state index in [0.29, 0.717) is 16.8 Å². The number of rotatable bonds is 5. The van der Waals surface area contributed by atoms with Crippen LogP contribution in [0.4, 0.5) is 5.69 Å². The number of nitrogens with one attached hydrogen (secondary N) is 1. The molecule has 1 aliphatic rings. The van der Waals surface area contributed by atoms with Crippen LogP contribution in [-0.2, 0) is 20.7 Å². The zero-order chi connectivity index (χ0) is 21.3. The summed E-state index contributed by atoms with van der Waals surface area (Å²) in [6.07, 6.45) is -0.203. The number of fused-ring (bicyclic) bond motifs is 1. The number of carbonyl (C=O) groups is 3. The second-order valence-corrected chi connectivity index (χ2v) is 7.28. The topological polar surface area (TPSA) is 88.7 Å². The molecule has 0 spiro atoms. The van der Waals surface area contributed by atoms with Crippen LogP contribution in [0.1, 0.15) is 58.4 Å². The molecule has 2 atom stereocenters. The molecule has 29 heavy (non-hydrogen) atoms. The highest BCUT2D eigenvalue weighted by Gasteiger charge is 2.35. The zero-order valence-corrected chi connectivity index (χ0v) is 17.4. The van der Waals surface area contributed by atoms with Gasteiger partial charge in [0.1, 0.15) is 5.69 Å². The van der Waals surface area contributed by atoms with E-state index in [1.165, 1.54) is 0 Å². The van der Waals surface area contributed by atoms with E-state index in [9.17, 15) is 14.4 Å². The van der Waals surface area contributed by atoms with Crippen LogP contribution in [0.5, 0.6) is 0 Å². The average Bonchev–Trinajstić information content (AvgIpc) is 3.16. The molecule has 0 unspecified atom stereocenters. The van der Waals surface area contributed by atoms with E-state index in [4.69, 9.17) is 9.47 Å². The van der Waals surface area contributed by atoms with Crippen LogP contribution in [0, 0.1) is 13.8 Å². The number of aryl methyl sites for hydroxylation is 1. The molecule has 1 aromatic heterocycles. The summed E-state index contributed by atoms with van der Waals surface area (Å²) in [6.45, 7) is 8.83. The van der Waals surface area contributed by atoms with Crippen LogP contribution in [0.3, 0.4) is 0 Å². The number of nitrogens with zero attached hydrogens (tertiary/aromatic N) is 1. The van der Waals surface area contributed by atoms with Crippen molar-refractivity contribution < 1.29 is 23.9 Å². The molecule has 2 heterocycles. The molecule has 1 N–H and O–H groups in total. The number of anilines is 1. The van der Waals surface area contributed by atoms with E-state index in [1.54, 1.807) is 32.6 Å². The maximum atomic E-state index is 13.0. The zero-order valence-electron chi connectivity index (χ0n) is 17.4. The number of hydrogen-bond donors (Lipinski definition) is 1. The average molecular weight is 398 g/mol. The fourth-order valence-corrected chi connectivity index (χ4v) is 3.83. The number of esters is 2. The first-order chi connectivity index (χ1) is 13.8. The Morgan fingerprint density at radius 1 is 1.21 bits per heavy atom. The van der Waals surface area contributed by atoms with Crippen LogP contribution in [0.15, 0.2) is 24.3 Å².